The van der Waals surface area contributed by atoms with Crippen LogP contribution in [0.1, 0.15) is 27.7 Å². The highest BCUT2D eigenvalue weighted by Gasteiger charge is 2.26. The van der Waals surface area contributed by atoms with Gasteiger partial charge >= 0.3 is 0 Å². The number of piperidine rings is 1. The lowest BCUT2D eigenvalue weighted by Crippen LogP contribution is -2.53. The molecule has 0 saturated carbocycles. The molecule has 1 fully saturated rings. The van der Waals surface area contributed by atoms with Crippen molar-refractivity contribution in [1.82, 2.24) is 10.6 Å². The van der Waals surface area contributed by atoms with E-state index in [4.69, 9.17) is 0 Å². The lowest BCUT2D eigenvalue weighted by atomic mass is 9.85. The van der Waals surface area contributed by atoms with Crippen molar-refractivity contribution in [2.24, 2.45) is 11.8 Å². The molecule has 72 valence electrons. The molecule has 3 atom stereocenters. The van der Waals surface area contributed by atoms with Crippen LogP contribution in [0.3, 0.4) is 0 Å². The van der Waals surface area contributed by atoms with Crippen molar-refractivity contribution in [1.29, 1.82) is 0 Å². The van der Waals surface area contributed by atoms with E-state index in [1.165, 1.54) is 6.54 Å². The minimum Gasteiger partial charge on any atom is -0.315 e. The minimum absolute atomic E-state index is 0.601. The summed E-state index contributed by atoms with van der Waals surface area (Å²) >= 11 is 0. The highest BCUT2D eigenvalue weighted by molar-refractivity contribution is 4.85. The van der Waals surface area contributed by atoms with Crippen molar-refractivity contribution >= 4 is 0 Å². The second kappa shape index (κ2) is 4.24. The molecule has 0 aliphatic carbocycles. The lowest BCUT2D eigenvalue weighted by Gasteiger charge is -2.36. The van der Waals surface area contributed by atoms with E-state index in [9.17, 15) is 0 Å². The number of nitrogens with one attached hydrogen (secondary N) is 2. The van der Waals surface area contributed by atoms with Gasteiger partial charge in [-0.1, -0.05) is 27.7 Å². The molecule has 2 N–H and O–H groups in total. The Bertz CT molecular complexity index is 134. The van der Waals surface area contributed by atoms with E-state index < -0.39 is 0 Å². The molecule has 12 heavy (non-hydrogen) atoms. The molecular formula is C10H22N2. The molecule has 0 aromatic heterocycles. The first-order valence-electron chi connectivity index (χ1n) is 5.08. The van der Waals surface area contributed by atoms with Crippen molar-refractivity contribution < 1.29 is 0 Å². The quantitative estimate of drug-likeness (QED) is 0.651. The summed E-state index contributed by atoms with van der Waals surface area (Å²) in [6.45, 7) is 11.4. The van der Waals surface area contributed by atoms with E-state index in [0.717, 1.165) is 18.4 Å². The van der Waals surface area contributed by atoms with Crippen LogP contribution in [0.5, 0.6) is 0 Å². The van der Waals surface area contributed by atoms with Gasteiger partial charge < -0.3 is 10.6 Å². The van der Waals surface area contributed by atoms with Crippen LogP contribution in [-0.2, 0) is 0 Å². The summed E-state index contributed by atoms with van der Waals surface area (Å²) in [4.78, 5) is 0. The topological polar surface area (TPSA) is 24.1 Å². The minimum atomic E-state index is 0.601. The molecule has 0 aromatic rings. The summed E-state index contributed by atoms with van der Waals surface area (Å²) < 4.78 is 0. The lowest BCUT2D eigenvalue weighted by molar-refractivity contribution is 0.215. The Hall–Kier alpha value is -0.0800. The first kappa shape index (κ1) is 10.0. The van der Waals surface area contributed by atoms with Crippen LogP contribution in [0.2, 0.25) is 0 Å². The zero-order valence-electron chi connectivity index (χ0n) is 8.72. The van der Waals surface area contributed by atoms with E-state index in [-0.39, 0.29) is 0 Å². The van der Waals surface area contributed by atoms with Gasteiger partial charge in [0.25, 0.3) is 0 Å². The molecule has 1 heterocycles. The number of hydrogen-bond acceptors (Lipinski definition) is 2. The van der Waals surface area contributed by atoms with E-state index in [2.05, 4.69) is 38.3 Å². The molecular weight excluding hydrogens is 148 g/mol. The number of hydrogen-bond donors (Lipinski definition) is 2. The average Bonchev–Trinajstić information content (AvgIpc) is 1.98. The summed E-state index contributed by atoms with van der Waals surface area (Å²) in [6.07, 6.45) is 0. The highest BCUT2D eigenvalue weighted by Crippen LogP contribution is 2.18. The molecule has 1 rings (SSSR count). The molecule has 0 spiro atoms. The fourth-order valence-electron chi connectivity index (χ4n) is 1.87. The Labute approximate surface area is 76.1 Å². The molecule has 0 unspecified atom stereocenters. The monoisotopic (exact) mass is 170 g/mol. The highest BCUT2D eigenvalue weighted by atomic mass is 15.0. The fourth-order valence-corrected chi connectivity index (χ4v) is 1.87. The van der Waals surface area contributed by atoms with Gasteiger partial charge in [0.05, 0.1) is 0 Å². The molecule has 0 amide bonds. The molecule has 0 bridgehead atoms. The van der Waals surface area contributed by atoms with Gasteiger partial charge in [-0.05, 0) is 18.4 Å². The molecule has 0 aromatic carbocycles. The third-order valence-electron chi connectivity index (χ3n) is 2.91. The molecule has 1 aliphatic heterocycles. The SMILES string of the molecule is CC(C)N[C@@H]1CNC[C@H](C)[C@@H]1C. The van der Waals surface area contributed by atoms with Gasteiger partial charge in [0.2, 0.25) is 0 Å². The van der Waals surface area contributed by atoms with Crippen molar-refractivity contribution in [2.75, 3.05) is 13.1 Å². The van der Waals surface area contributed by atoms with Crippen molar-refractivity contribution in [3.8, 4) is 0 Å². The predicted molar refractivity (Wildman–Crippen MR) is 53.3 cm³/mol. The summed E-state index contributed by atoms with van der Waals surface area (Å²) in [5.41, 5.74) is 0. The van der Waals surface area contributed by atoms with Crippen LogP contribution in [0.15, 0.2) is 0 Å². The molecule has 0 radical (unpaired) electrons. The molecule has 1 saturated heterocycles. The summed E-state index contributed by atoms with van der Waals surface area (Å²) in [5, 5.41) is 7.06. The van der Waals surface area contributed by atoms with Crippen LogP contribution >= 0.6 is 0 Å². The average molecular weight is 170 g/mol. The third-order valence-corrected chi connectivity index (χ3v) is 2.91. The zero-order chi connectivity index (χ0) is 9.14. The Balaban J connectivity index is 2.41. The van der Waals surface area contributed by atoms with Gasteiger partial charge in [-0.25, -0.2) is 0 Å². The second-order valence-electron chi connectivity index (χ2n) is 4.42. The molecule has 1 aliphatic rings. The maximum absolute atomic E-state index is 3.60. The van der Waals surface area contributed by atoms with Crippen LogP contribution in [0.4, 0.5) is 0 Å². The van der Waals surface area contributed by atoms with Crippen LogP contribution in [0.25, 0.3) is 0 Å². The maximum Gasteiger partial charge on any atom is 0.0223 e. The first-order valence-corrected chi connectivity index (χ1v) is 5.08. The van der Waals surface area contributed by atoms with Crippen molar-refractivity contribution in [2.45, 2.75) is 39.8 Å². The summed E-state index contributed by atoms with van der Waals surface area (Å²) in [5.74, 6) is 1.60. The van der Waals surface area contributed by atoms with Gasteiger partial charge in [0, 0.05) is 18.6 Å². The maximum atomic E-state index is 3.60. The Kier molecular flexibility index (Phi) is 3.53. The zero-order valence-corrected chi connectivity index (χ0v) is 8.72. The normalized spacial score (nSPS) is 37.2. The summed E-state index contributed by atoms with van der Waals surface area (Å²) in [6, 6.07) is 1.26. The predicted octanol–water partition coefficient (Wildman–Crippen LogP) is 1.23. The van der Waals surface area contributed by atoms with Crippen molar-refractivity contribution in [3.05, 3.63) is 0 Å². The van der Waals surface area contributed by atoms with Gasteiger partial charge in [-0.2, -0.15) is 0 Å². The van der Waals surface area contributed by atoms with E-state index in [1.807, 2.05) is 0 Å². The summed E-state index contributed by atoms with van der Waals surface area (Å²) in [7, 11) is 0. The van der Waals surface area contributed by atoms with Crippen LogP contribution in [0, 0.1) is 11.8 Å². The number of rotatable bonds is 2. The smallest absolute Gasteiger partial charge is 0.0223 e. The second-order valence-corrected chi connectivity index (χ2v) is 4.42. The first-order chi connectivity index (χ1) is 5.61. The Morgan fingerprint density at radius 2 is 1.92 bits per heavy atom. The van der Waals surface area contributed by atoms with Crippen molar-refractivity contribution in [3.63, 3.8) is 0 Å². The molecule has 2 heteroatoms. The van der Waals surface area contributed by atoms with Gasteiger partial charge in [0.15, 0.2) is 0 Å². The Morgan fingerprint density at radius 1 is 1.25 bits per heavy atom. The third kappa shape index (κ3) is 2.46. The van der Waals surface area contributed by atoms with Gasteiger partial charge in [-0.3, -0.25) is 0 Å². The van der Waals surface area contributed by atoms with E-state index in [0.29, 0.717) is 12.1 Å². The van der Waals surface area contributed by atoms with E-state index in [1.54, 1.807) is 0 Å². The van der Waals surface area contributed by atoms with Crippen LogP contribution in [-0.4, -0.2) is 25.2 Å². The fraction of sp³-hybridized carbons (Fsp3) is 1.00. The van der Waals surface area contributed by atoms with Gasteiger partial charge in [0.1, 0.15) is 0 Å². The van der Waals surface area contributed by atoms with E-state index >= 15 is 0 Å². The van der Waals surface area contributed by atoms with Gasteiger partial charge in [-0.15, -0.1) is 0 Å². The standard InChI is InChI=1S/C10H22N2/c1-7(2)12-10-6-11-5-8(3)9(10)4/h7-12H,5-6H2,1-4H3/t8-,9-,10+/m0/s1. The largest absolute Gasteiger partial charge is 0.315 e. The van der Waals surface area contributed by atoms with Crippen LogP contribution < -0.4 is 10.6 Å². The molecule has 2 nitrogen and oxygen atoms in total. The Morgan fingerprint density at radius 3 is 2.50 bits per heavy atom.